The molecule has 12 heavy (non-hydrogen) atoms. The molecule has 3 N–H and O–H groups in total. The Morgan fingerprint density at radius 3 is 2.50 bits per heavy atom. The lowest BCUT2D eigenvalue weighted by Gasteiger charge is -2.04. The molecule has 0 fully saturated rings. The van der Waals surface area contributed by atoms with E-state index in [1.165, 1.54) is 0 Å². The highest BCUT2D eigenvalue weighted by Crippen LogP contribution is 2.21. The Morgan fingerprint density at radius 2 is 2.00 bits per heavy atom. The third-order valence-electron chi connectivity index (χ3n) is 1.16. The topological polar surface area (TPSA) is 69.9 Å². The smallest absolute Gasteiger partial charge is 0.512 e. The SMILES string of the molecule is OB(O)Oc1ccc(F)c(O)c1. The standard InChI is InChI=1S/C6H6BFO4/c8-5-2-1-4(3-6(5)9)12-7(10)11/h1-3,9-11H. The van der Waals surface area contributed by atoms with E-state index in [9.17, 15) is 4.39 Å². The van der Waals surface area contributed by atoms with Gasteiger partial charge >= 0.3 is 7.32 Å². The second-order valence-corrected chi connectivity index (χ2v) is 2.06. The monoisotopic (exact) mass is 172 g/mol. The molecule has 0 unspecified atom stereocenters. The first-order chi connectivity index (χ1) is 5.59. The minimum Gasteiger partial charge on any atom is -0.512 e. The lowest BCUT2D eigenvalue weighted by molar-refractivity contribution is 0.287. The third kappa shape index (κ3) is 2.11. The largest absolute Gasteiger partial charge is 0.707 e. The van der Waals surface area contributed by atoms with Gasteiger partial charge in [-0.1, -0.05) is 0 Å². The van der Waals surface area contributed by atoms with Crippen LogP contribution in [0.5, 0.6) is 11.5 Å². The van der Waals surface area contributed by atoms with Crippen molar-refractivity contribution < 1.29 is 24.2 Å². The van der Waals surface area contributed by atoms with Crippen LogP contribution in [0.4, 0.5) is 4.39 Å². The van der Waals surface area contributed by atoms with E-state index in [4.69, 9.17) is 15.2 Å². The average molecular weight is 172 g/mol. The van der Waals surface area contributed by atoms with Crippen LogP contribution in [-0.4, -0.2) is 22.5 Å². The number of benzene rings is 1. The normalized spacial score (nSPS) is 9.58. The maximum absolute atomic E-state index is 12.4. The van der Waals surface area contributed by atoms with Gasteiger partial charge in [0.05, 0.1) is 0 Å². The lowest BCUT2D eigenvalue weighted by Crippen LogP contribution is -2.20. The van der Waals surface area contributed by atoms with E-state index < -0.39 is 18.9 Å². The van der Waals surface area contributed by atoms with E-state index in [2.05, 4.69) is 4.65 Å². The first-order valence-electron chi connectivity index (χ1n) is 3.11. The van der Waals surface area contributed by atoms with Crippen molar-refractivity contribution in [1.82, 2.24) is 0 Å². The molecule has 0 bridgehead atoms. The summed E-state index contributed by atoms with van der Waals surface area (Å²) in [6.07, 6.45) is 0. The molecule has 0 aliphatic carbocycles. The molecular formula is C6H6BFO4. The van der Waals surface area contributed by atoms with E-state index in [1.54, 1.807) is 0 Å². The summed E-state index contributed by atoms with van der Waals surface area (Å²) in [5, 5.41) is 25.4. The number of hydrogen-bond donors (Lipinski definition) is 3. The van der Waals surface area contributed by atoms with Gasteiger partial charge in [-0.25, -0.2) is 4.39 Å². The molecule has 0 saturated carbocycles. The van der Waals surface area contributed by atoms with Gasteiger partial charge in [0.2, 0.25) is 0 Å². The minimum absolute atomic E-state index is 0.0242. The van der Waals surface area contributed by atoms with Crippen LogP contribution >= 0.6 is 0 Å². The summed E-state index contributed by atoms with van der Waals surface area (Å²) in [6.45, 7) is 0. The first kappa shape index (κ1) is 8.83. The van der Waals surface area contributed by atoms with Crippen molar-refractivity contribution in [3.8, 4) is 11.5 Å². The molecule has 0 amide bonds. The van der Waals surface area contributed by atoms with Gasteiger partial charge in [0, 0.05) is 6.07 Å². The zero-order chi connectivity index (χ0) is 9.14. The Morgan fingerprint density at radius 1 is 1.33 bits per heavy atom. The van der Waals surface area contributed by atoms with Gasteiger partial charge in [-0.15, -0.1) is 0 Å². The quantitative estimate of drug-likeness (QED) is 0.543. The second kappa shape index (κ2) is 3.42. The second-order valence-electron chi connectivity index (χ2n) is 2.06. The summed E-state index contributed by atoms with van der Waals surface area (Å²) >= 11 is 0. The summed E-state index contributed by atoms with van der Waals surface area (Å²) in [4.78, 5) is 0. The van der Waals surface area contributed by atoms with Gasteiger partial charge in [-0.2, -0.15) is 0 Å². The minimum atomic E-state index is -1.98. The highest BCUT2D eigenvalue weighted by molar-refractivity contribution is 6.33. The Balaban J connectivity index is 2.82. The molecule has 1 aromatic rings. The van der Waals surface area contributed by atoms with E-state index in [1.807, 2.05) is 0 Å². The van der Waals surface area contributed by atoms with Crippen LogP contribution in [0, 0.1) is 5.82 Å². The van der Waals surface area contributed by atoms with Crippen molar-refractivity contribution >= 4 is 7.32 Å². The van der Waals surface area contributed by atoms with Crippen LogP contribution in [-0.2, 0) is 0 Å². The fourth-order valence-electron chi connectivity index (χ4n) is 0.688. The lowest BCUT2D eigenvalue weighted by atomic mass is 10.2. The Kier molecular flexibility index (Phi) is 2.52. The third-order valence-corrected chi connectivity index (χ3v) is 1.16. The van der Waals surface area contributed by atoms with E-state index in [0.717, 1.165) is 18.2 Å². The highest BCUT2D eigenvalue weighted by Gasteiger charge is 2.12. The molecule has 0 heterocycles. The number of phenols is 1. The van der Waals surface area contributed by atoms with Gasteiger partial charge in [-0.05, 0) is 12.1 Å². The number of phenolic OH excluding ortho intramolecular Hbond substituents is 1. The van der Waals surface area contributed by atoms with Crippen LogP contribution in [0.15, 0.2) is 18.2 Å². The molecule has 0 spiro atoms. The molecule has 4 nitrogen and oxygen atoms in total. The van der Waals surface area contributed by atoms with Crippen molar-refractivity contribution in [3.05, 3.63) is 24.0 Å². The Labute approximate surface area is 68.0 Å². The molecule has 0 aliphatic heterocycles. The molecule has 0 radical (unpaired) electrons. The van der Waals surface area contributed by atoms with Gasteiger partial charge in [0.25, 0.3) is 0 Å². The van der Waals surface area contributed by atoms with Crippen LogP contribution in [0.25, 0.3) is 0 Å². The number of aromatic hydroxyl groups is 1. The summed E-state index contributed by atoms with van der Waals surface area (Å²) in [5.41, 5.74) is 0. The molecule has 64 valence electrons. The predicted molar refractivity (Wildman–Crippen MR) is 38.9 cm³/mol. The molecular weight excluding hydrogens is 166 g/mol. The molecule has 0 saturated heterocycles. The van der Waals surface area contributed by atoms with Gasteiger partial charge in [-0.3, -0.25) is 0 Å². The molecule has 0 atom stereocenters. The summed E-state index contributed by atoms with van der Waals surface area (Å²) in [7, 11) is -1.98. The number of hydrogen-bond acceptors (Lipinski definition) is 4. The van der Waals surface area contributed by atoms with Gasteiger partial charge in [0.1, 0.15) is 5.75 Å². The maximum atomic E-state index is 12.4. The van der Waals surface area contributed by atoms with Crippen molar-refractivity contribution in [2.45, 2.75) is 0 Å². The van der Waals surface area contributed by atoms with Crippen LogP contribution in [0.1, 0.15) is 0 Å². The molecule has 0 aliphatic rings. The van der Waals surface area contributed by atoms with Crippen LogP contribution in [0.2, 0.25) is 0 Å². The van der Waals surface area contributed by atoms with Gasteiger partial charge < -0.3 is 19.8 Å². The Hall–Kier alpha value is -1.27. The molecule has 0 aromatic heterocycles. The molecule has 1 rings (SSSR count). The van der Waals surface area contributed by atoms with Gasteiger partial charge in [0.15, 0.2) is 11.6 Å². The first-order valence-corrected chi connectivity index (χ1v) is 3.11. The molecule has 1 aromatic carbocycles. The summed E-state index contributed by atoms with van der Waals surface area (Å²) < 4.78 is 16.7. The number of rotatable bonds is 2. The zero-order valence-electron chi connectivity index (χ0n) is 5.94. The summed E-state index contributed by atoms with van der Waals surface area (Å²) in [6, 6.07) is 3.05. The highest BCUT2D eigenvalue weighted by atomic mass is 19.1. The van der Waals surface area contributed by atoms with Crippen molar-refractivity contribution in [1.29, 1.82) is 0 Å². The average Bonchev–Trinajstić information content (AvgIpc) is 1.96. The maximum Gasteiger partial charge on any atom is 0.707 e. The fraction of sp³-hybridized carbons (Fsp3) is 0. The predicted octanol–water partition coefficient (Wildman–Crippen LogP) is -0.120. The van der Waals surface area contributed by atoms with E-state index >= 15 is 0 Å². The van der Waals surface area contributed by atoms with Crippen LogP contribution in [0.3, 0.4) is 0 Å². The van der Waals surface area contributed by atoms with Crippen molar-refractivity contribution in [2.75, 3.05) is 0 Å². The fourth-order valence-corrected chi connectivity index (χ4v) is 0.688. The Bertz CT molecular complexity index is 278. The van der Waals surface area contributed by atoms with Crippen LogP contribution < -0.4 is 4.65 Å². The van der Waals surface area contributed by atoms with E-state index in [0.29, 0.717) is 0 Å². The van der Waals surface area contributed by atoms with Crippen molar-refractivity contribution in [2.24, 2.45) is 0 Å². The van der Waals surface area contributed by atoms with Crippen molar-refractivity contribution in [3.63, 3.8) is 0 Å². The zero-order valence-corrected chi connectivity index (χ0v) is 5.94. The van der Waals surface area contributed by atoms with E-state index in [-0.39, 0.29) is 5.75 Å². The summed E-state index contributed by atoms with van der Waals surface area (Å²) in [5.74, 6) is -1.42. The number of halogens is 1. The molecule has 6 heteroatoms.